The van der Waals surface area contributed by atoms with Crippen LogP contribution < -0.4 is 14.2 Å². The minimum absolute atomic E-state index is 0.339. The first-order valence-corrected chi connectivity index (χ1v) is 7.16. The number of rotatable bonds is 5. The molecule has 0 aliphatic heterocycles. The molecule has 2 fully saturated rings. The fraction of sp³-hybridized carbons (Fsp3) is 0.625. The second-order valence-corrected chi connectivity index (χ2v) is 5.86. The Kier molecular flexibility index (Phi) is 3.50. The zero-order valence-corrected chi connectivity index (χ0v) is 12.3. The van der Waals surface area contributed by atoms with Gasteiger partial charge in [-0.15, -0.1) is 0 Å². The van der Waals surface area contributed by atoms with Crippen molar-refractivity contribution in [3.63, 3.8) is 0 Å². The molecule has 3 unspecified atom stereocenters. The highest BCUT2D eigenvalue weighted by molar-refractivity contribution is 5.56. The Labute approximate surface area is 119 Å². The fourth-order valence-corrected chi connectivity index (χ4v) is 3.63. The molecule has 4 heteroatoms. The number of aliphatic hydroxyl groups excluding tert-OH is 1. The molecule has 0 aromatic heterocycles. The summed E-state index contributed by atoms with van der Waals surface area (Å²) >= 11 is 0. The summed E-state index contributed by atoms with van der Waals surface area (Å²) in [7, 11) is 4.78. The summed E-state index contributed by atoms with van der Waals surface area (Å²) in [6, 6.07) is 3.71. The van der Waals surface area contributed by atoms with E-state index in [-0.39, 0.29) is 0 Å². The van der Waals surface area contributed by atoms with Gasteiger partial charge >= 0.3 is 0 Å². The number of hydrogen-bond acceptors (Lipinski definition) is 4. The molecule has 1 aromatic carbocycles. The molecule has 2 saturated carbocycles. The molecule has 1 aromatic rings. The van der Waals surface area contributed by atoms with Crippen molar-refractivity contribution in [3.05, 3.63) is 17.7 Å². The Morgan fingerprint density at radius 1 is 0.950 bits per heavy atom. The summed E-state index contributed by atoms with van der Waals surface area (Å²) in [6.45, 7) is 0. The lowest BCUT2D eigenvalue weighted by Gasteiger charge is -2.23. The van der Waals surface area contributed by atoms with Crippen molar-refractivity contribution >= 4 is 0 Å². The standard InChI is InChI=1S/C16H22O4/c1-18-13-5-4-12(15(19-2)16(13)20-3)14(17)11-7-9-6-10(9)8-11/h4-5,9-11,14,17H,6-8H2,1-3H3. The number of benzene rings is 1. The Hall–Kier alpha value is -1.42. The van der Waals surface area contributed by atoms with E-state index in [1.54, 1.807) is 21.3 Å². The summed E-state index contributed by atoms with van der Waals surface area (Å²) in [5, 5.41) is 10.7. The van der Waals surface area contributed by atoms with Gasteiger partial charge in [-0.2, -0.15) is 0 Å². The highest BCUT2D eigenvalue weighted by Crippen LogP contribution is 2.58. The maximum Gasteiger partial charge on any atom is 0.203 e. The van der Waals surface area contributed by atoms with Gasteiger partial charge in [0.15, 0.2) is 11.5 Å². The summed E-state index contributed by atoms with van der Waals surface area (Å²) in [6.07, 6.45) is 3.12. The van der Waals surface area contributed by atoms with Gasteiger partial charge < -0.3 is 19.3 Å². The molecule has 0 radical (unpaired) electrons. The van der Waals surface area contributed by atoms with Crippen molar-refractivity contribution in [1.82, 2.24) is 0 Å². The molecule has 2 aliphatic rings. The maximum atomic E-state index is 10.7. The van der Waals surface area contributed by atoms with Gasteiger partial charge in [0.05, 0.1) is 27.4 Å². The Bertz CT molecular complexity index is 489. The monoisotopic (exact) mass is 278 g/mol. The van der Waals surface area contributed by atoms with E-state index in [0.717, 1.165) is 30.2 Å². The summed E-state index contributed by atoms with van der Waals surface area (Å²) in [5.41, 5.74) is 0.802. The van der Waals surface area contributed by atoms with Crippen LogP contribution in [-0.4, -0.2) is 26.4 Å². The van der Waals surface area contributed by atoms with Crippen LogP contribution in [0.4, 0.5) is 0 Å². The second-order valence-electron chi connectivity index (χ2n) is 5.86. The number of hydrogen-bond donors (Lipinski definition) is 1. The molecule has 0 saturated heterocycles. The predicted molar refractivity (Wildman–Crippen MR) is 75.4 cm³/mol. The topological polar surface area (TPSA) is 47.9 Å². The Morgan fingerprint density at radius 3 is 2.15 bits per heavy atom. The van der Waals surface area contributed by atoms with Gasteiger partial charge in [-0.1, -0.05) is 0 Å². The largest absolute Gasteiger partial charge is 0.493 e. The van der Waals surface area contributed by atoms with Crippen LogP contribution in [0.25, 0.3) is 0 Å². The van der Waals surface area contributed by atoms with Gasteiger partial charge in [0.2, 0.25) is 5.75 Å². The fourth-order valence-electron chi connectivity index (χ4n) is 3.63. The van der Waals surface area contributed by atoms with Crippen LogP contribution in [-0.2, 0) is 0 Å². The van der Waals surface area contributed by atoms with E-state index in [2.05, 4.69) is 0 Å². The van der Waals surface area contributed by atoms with E-state index < -0.39 is 6.10 Å². The van der Waals surface area contributed by atoms with Crippen molar-refractivity contribution < 1.29 is 19.3 Å². The molecule has 0 spiro atoms. The van der Waals surface area contributed by atoms with Gasteiger partial charge in [-0.3, -0.25) is 0 Å². The normalized spacial score (nSPS) is 28.7. The SMILES string of the molecule is COc1ccc(C(O)C2CC3CC3C2)c(OC)c1OC. The molecule has 110 valence electrons. The zero-order chi connectivity index (χ0) is 14.3. The van der Waals surface area contributed by atoms with Crippen LogP contribution in [0.3, 0.4) is 0 Å². The molecule has 3 atom stereocenters. The Morgan fingerprint density at radius 2 is 1.60 bits per heavy atom. The molecular formula is C16H22O4. The van der Waals surface area contributed by atoms with E-state index >= 15 is 0 Å². The average Bonchev–Trinajstić information content (AvgIpc) is 3.10. The highest BCUT2D eigenvalue weighted by atomic mass is 16.5. The number of methoxy groups -OCH3 is 3. The third-order valence-corrected chi connectivity index (χ3v) is 4.78. The molecule has 0 heterocycles. The van der Waals surface area contributed by atoms with Crippen molar-refractivity contribution in [2.75, 3.05) is 21.3 Å². The van der Waals surface area contributed by atoms with E-state index in [1.165, 1.54) is 6.42 Å². The molecule has 0 amide bonds. The van der Waals surface area contributed by atoms with Crippen molar-refractivity contribution in [1.29, 1.82) is 0 Å². The lowest BCUT2D eigenvalue weighted by molar-refractivity contribution is 0.101. The predicted octanol–water partition coefficient (Wildman–Crippen LogP) is 2.79. The molecule has 2 aliphatic carbocycles. The van der Waals surface area contributed by atoms with Crippen LogP contribution >= 0.6 is 0 Å². The van der Waals surface area contributed by atoms with Gasteiger partial charge in [0, 0.05) is 5.56 Å². The zero-order valence-electron chi connectivity index (χ0n) is 12.3. The molecule has 4 nitrogen and oxygen atoms in total. The number of ether oxygens (including phenoxy) is 3. The van der Waals surface area contributed by atoms with E-state index in [9.17, 15) is 5.11 Å². The van der Waals surface area contributed by atoms with Gasteiger partial charge in [-0.05, 0) is 49.1 Å². The smallest absolute Gasteiger partial charge is 0.203 e. The molecule has 3 rings (SSSR count). The molecule has 20 heavy (non-hydrogen) atoms. The van der Waals surface area contributed by atoms with Crippen LogP contribution in [0.1, 0.15) is 30.9 Å². The third-order valence-electron chi connectivity index (χ3n) is 4.78. The number of fused-ring (bicyclic) bond motifs is 1. The van der Waals surface area contributed by atoms with E-state index in [1.807, 2.05) is 12.1 Å². The third kappa shape index (κ3) is 2.12. The quantitative estimate of drug-likeness (QED) is 0.899. The van der Waals surface area contributed by atoms with Crippen LogP contribution in [0.2, 0.25) is 0 Å². The van der Waals surface area contributed by atoms with Gasteiger partial charge in [-0.25, -0.2) is 0 Å². The average molecular weight is 278 g/mol. The summed E-state index contributed by atoms with van der Waals surface area (Å²) in [4.78, 5) is 0. The first-order chi connectivity index (χ1) is 9.69. The lowest BCUT2D eigenvalue weighted by Crippen LogP contribution is -2.12. The second kappa shape index (κ2) is 5.17. The molecular weight excluding hydrogens is 256 g/mol. The molecule has 0 bridgehead atoms. The minimum atomic E-state index is -0.488. The van der Waals surface area contributed by atoms with Gasteiger partial charge in [0.1, 0.15) is 0 Å². The van der Waals surface area contributed by atoms with Crippen molar-refractivity contribution in [3.8, 4) is 17.2 Å². The van der Waals surface area contributed by atoms with Crippen LogP contribution in [0.15, 0.2) is 12.1 Å². The van der Waals surface area contributed by atoms with Gasteiger partial charge in [0.25, 0.3) is 0 Å². The summed E-state index contributed by atoms with van der Waals surface area (Å²) in [5.74, 6) is 3.79. The van der Waals surface area contributed by atoms with Crippen molar-refractivity contribution in [2.45, 2.75) is 25.4 Å². The highest BCUT2D eigenvalue weighted by Gasteiger charge is 2.48. The van der Waals surface area contributed by atoms with Crippen molar-refractivity contribution in [2.24, 2.45) is 17.8 Å². The lowest BCUT2D eigenvalue weighted by atomic mass is 9.91. The minimum Gasteiger partial charge on any atom is -0.493 e. The maximum absolute atomic E-state index is 10.7. The molecule has 1 N–H and O–H groups in total. The van der Waals surface area contributed by atoms with E-state index in [0.29, 0.717) is 23.2 Å². The first kappa shape index (κ1) is 13.6. The number of aliphatic hydroxyl groups is 1. The van der Waals surface area contributed by atoms with E-state index in [4.69, 9.17) is 14.2 Å². The first-order valence-electron chi connectivity index (χ1n) is 7.16. The summed E-state index contributed by atoms with van der Waals surface area (Å²) < 4.78 is 16.1. The van der Waals surface area contributed by atoms with Crippen LogP contribution in [0, 0.1) is 17.8 Å². The Balaban J connectivity index is 1.91. The van der Waals surface area contributed by atoms with Crippen LogP contribution in [0.5, 0.6) is 17.2 Å².